The minimum Gasteiger partial charge on any atom is -0.351 e. The number of benzene rings is 2. The van der Waals surface area contributed by atoms with Gasteiger partial charge in [0, 0.05) is 37.0 Å². The van der Waals surface area contributed by atoms with E-state index in [0.29, 0.717) is 12.2 Å². The van der Waals surface area contributed by atoms with Gasteiger partial charge in [-0.25, -0.2) is 4.68 Å². The van der Waals surface area contributed by atoms with Crippen LogP contribution in [0, 0.1) is 6.92 Å². The van der Waals surface area contributed by atoms with Gasteiger partial charge in [-0.1, -0.05) is 53.7 Å². The number of carbonyl (C=O) groups is 1. The third-order valence-corrected chi connectivity index (χ3v) is 4.45. The first-order chi connectivity index (χ1) is 13.6. The number of hydrogen-bond donors (Lipinski definition) is 0. The van der Waals surface area contributed by atoms with Crippen molar-refractivity contribution in [2.24, 2.45) is 0 Å². The van der Waals surface area contributed by atoms with Crippen LogP contribution in [-0.4, -0.2) is 32.8 Å². The Morgan fingerprint density at radius 2 is 1.75 bits per heavy atom. The van der Waals surface area contributed by atoms with Crippen LogP contribution in [0.4, 0.5) is 0 Å². The van der Waals surface area contributed by atoms with E-state index < -0.39 is 0 Å². The lowest BCUT2D eigenvalue weighted by Gasteiger charge is -2.15. The molecule has 2 aromatic carbocycles. The zero-order chi connectivity index (χ0) is 19.5. The predicted octanol–water partition coefficient (Wildman–Crippen LogP) is 4.11. The van der Waals surface area contributed by atoms with Gasteiger partial charge in [0.1, 0.15) is 0 Å². The van der Waals surface area contributed by atoms with Crippen molar-refractivity contribution in [2.45, 2.75) is 13.5 Å². The Morgan fingerprint density at radius 3 is 2.39 bits per heavy atom. The van der Waals surface area contributed by atoms with Gasteiger partial charge in [-0.2, -0.15) is 5.10 Å². The zero-order valence-corrected chi connectivity index (χ0v) is 15.7. The highest BCUT2D eigenvalue weighted by atomic mass is 16.5. The smallest absolute Gasteiger partial charge is 0.292 e. The van der Waals surface area contributed by atoms with Crippen LogP contribution in [0.1, 0.15) is 21.8 Å². The third kappa shape index (κ3) is 3.57. The fourth-order valence-corrected chi connectivity index (χ4v) is 3.06. The summed E-state index contributed by atoms with van der Waals surface area (Å²) in [4.78, 5) is 14.3. The SMILES string of the molecule is Cc1cc(C(=O)N(C)Cc2cn(-c3ccccc3)nc2-c2ccccc2)on1. The van der Waals surface area contributed by atoms with E-state index in [1.54, 1.807) is 24.9 Å². The largest absolute Gasteiger partial charge is 0.351 e. The summed E-state index contributed by atoms with van der Waals surface area (Å²) < 4.78 is 6.95. The van der Waals surface area contributed by atoms with E-state index in [2.05, 4.69) is 5.16 Å². The standard InChI is InChI=1S/C22H20N4O2/c1-16-13-20(28-24-16)22(27)25(2)14-18-15-26(19-11-7-4-8-12-19)23-21(18)17-9-5-3-6-10-17/h3-13,15H,14H2,1-2H3. The van der Waals surface area contributed by atoms with Gasteiger partial charge >= 0.3 is 0 Å². The first-order valence-corrected chi connectivity index (χ1v) is 9.00. The molecule has 6 heteroatoms. The first kappa shape index (κ1) is 17.7. The monoisotopic (exact) mass is 372 g/mol. The quantitative estimate of drug-likeness (QED) is 0.529. The predicted molar refractivity (Wildman–Crippen MR) is 106 cm³/mol. The van der Waals surface area contributed by atoms with Crippen molar-refractivity contribution in [3.8, 4) is 16.9 Å². The second-order valence-electron chi connectivity index (χ2n) is 6.64. The van der Waals surface area contributed by atoms with Crippen molar-refractivity contribution in [1.29, 1.82) is 0 Å². The number of carbonyl (C=O) groups excluding carboxylic acids is 1. The molecule has 0 radical (unpaired) electrons. The highest BCUT2D eigenvalue weighted by molar-refractivity contribution is 5.91. The number of amides is 1. The molecule has 140 valence electrons. The van der Waals surface area contributed by atoms with E-state index in [1.165, 1.54) is 0 Å². The van der Waals surface area contributed by atoms with Crippen LogP contribution in [0.25, 0.3) is 16.9 Å². The van der Waals surface area contributed by atoms with Gasteiger partial charge < -0.3 is 9.42 Å². The average Bonchev–Trinajstić information content (AvgIpc) is 3.35. The topological polar surface area (TPSA) is 64.2 Å². The summed E-state index contributed by atoms with van der Waals surface area (Å²) in [5.41, 5.74) is 4.44. The number of rotatable bonds is 5. The van der Waals surface area contributed by atoms with Crippen LogP contribution in [0.5, 0.6) is 0 Å². The number of aryl methyl sites for hydroxylation is 1. The molecule has 0 aliphatic rings. The fourth-order valence-electron chi connectivity index (χ4n) is 3.06. The lowest BCUT2D eigenvalue weighted by atomic mass is 10.1. The van der Waals surface area contributed by atoms with Gasteiger partial charge in [0.2, 0.25) is 5.76 Å². The Balaban J connectivity index is 1.68. The fraction of sp³-hybridized carbons (Fsp3) is 0.136. The van der Waals surface area contributed by atoms with E-state index in [1.807, 2.05) is 71.5 Å². The summed E-state index contributed by atoms with van der Waals surface area (Å²) in [5, 5.41) is 8.58. The van der Waals surface area contributed by atoms with Gasteiger partial charge in [0.15, 0.2) is 0 Å². The van der Waals surface area contributed by atoms with Gasteiger partial charge in [0.05, 0.1) is 17.1 Å². The molecule has 0 unspecified atom stereocenters. The molecule has 28 heavy (non-hydrogen) atoms. The van der Waals surface area contributed by atoms with Crippen molar-refractivity contribution in [3.63, 3.8) is 0 Å². The first-order valence-electron chi connectivity index (χ1n) is 9.00. The Labute approximate surface area is 163 Å². The number of aromatic nitrogens is 3. The summed E-state index contributed by atoms with van der Waals surface area (Å²) in [6.45, 7) is 2.19. The van der Waals surface area contributed by atoms with Crippen LogP contribution < -0.4 is 0 Å². The minimum absolute atomic E-state index is 0.216. The normalized spacial score (nSPS) is 10.8. The molecule has 0 aliphatic carbocycles. The van der Waals surface area contributed by atoms with Crippen molar-refractivity contribution < 1.29 is 9.32 Å². The molecule has 0 fully saturated rings. The highest BCUT2D eigenvalue weighted by Crippen LogP contribution is 2.25. The van der Waals surface area contributed by atoms with E-state index >= 15 is 0 Å². The number of nitrogens with zero attached hydrogens (tertiary/aromatic N) is 4. The summed E-state index contributed by atoms with van der Waals surface area (Å²) in [6.07, 6.45) is 1.97. The molecule has 6 nitrogen and oxygen atoms in total. The maximum atomic E-state index is 12.7. The molecule has 1 amide bonds. The van der Waals surface area contributed by atoms with E-state index in [-0.39, 0.29) is 11.7 Å². The van der Waals surface area contributed by atoms with Gasteiger partial charge in [-0.3, -0.25) is 4.79 Å². The number of para-hydroxylation sites is 1. The summed E-state index contributed by atoms with van der Waals surface area (Å²) in [5.74, 6) is 0.0174. The van der Waals surface area contributed by atoms with Gasteiger partial charge in [-0.05, 0) is 19.1 Å². The molecular weight excluding hydrogens is 352 g/mol. The lowest BCUT2D eigenvalue weighted by Crippen LogP contribution is -2.25. The van der Waals surface area contributed by atoms with Crippen LogP contribution in [0.3, 0.4) is 0 Å². The van der Waals surface area contributed by atoms with Crippen LogP contribution in [0.2, 0.25) is 0 Å². The Kier molecular flexibility index (Phi) is 4.76. The molecule has 2 heterocycles. The lowest BCUT2D eigenvalue weighted by molar-refractivity contribution is 0.0743. The molecule has 0 N–H and O–H groups in total. The minimum atomic E-state index is -0.216. The second kappa shape index (κ2) is 7.52. The van der Waals surface area contributed by atoms with Gasteiger partial charge in [-0.15, -0.1) is 0 Å². The zero-order valence-electron chi connectivity index (χ0n) is 15.7. The van der Waals surface area contributed by atoms with E-state index in [4.69, 9.17) is 9.62 Å². The molecule has 0 saturated carbocycles. The molecule has 2 aromatic heterocycles. The van der Waals surface area contributed by atoms with Gasteiger partial charge in [0.25, 0.3) is 5.91 Å². The molecule has 0 spiro atoms. The number of hydrogen-bond acceptors (Lipinski definition) is 4. The average molecular weight is 372 g/mol. The summed E-state index contributed by atoms with van der Waals surface area (Å²) in [7, 11) is 1.74. The third-order valence-electron chi connectivity index (χ3n) is 4.45. The van der Waals surface area contributed by atoms with Crippen LogP contribution in [0.15, 0.2) is 77.4 Å². The molecule has 0 atom stereocenters. The summed E-state index contributed by atoms with van der Waals surface area (Å²) >= 11 is 0. The van der Waals surface area contributed by atoms with Crippen LogP contribution in [-0.2, 0) is 6.54 Å². The maximum absolute atomic E-state index is 12.7. The van der Waals surface area contributed by atoms with Crippen molar-refractivity contribution in [2.75, 3.05) is 7.05 Å². The summed E-state index contributed by atoms with van der Waals surface area (Å²) in [6, 6.07) is 21.5. The van der Waals surface area contributed by atoms with Crippen molar-refractivity contribution in [1.82, 2.24) is 19.8 Å². The molecule has 4 aromatic rings. The molecule has 4 rings (SSSR count). The Bertz CT molecular complexity index is 1080. The Hall–Kier alpha value is -3.67. The molecular formula is C22H20N4O2. The van der Waals surface area contributed by atoms with E-state index in [0.717, 1.165) is 22.5 Å². The van der Waals surface area contributed by atoms with Crippen molar-refractivity contribution in [3.05, 3.63) is 89.9 Å². The Morgan fingerprint density at radius 1 is 1.07 bits per heavy atom. The second-order valence-corrected chi connectivity index (χ2v) is 6.64. The van der Waals surface area contributed by atoms with Crippen LogP contribution >= 0.6 is 0 Å². The molecule has 0 aliphatic heterocycles. The highest BCUT2D eigenvalue weighted by Gasteiger charge is 2.20. The molecule has 0 saturated heterocycles. The van der Waals surface area contributed by atoms with E-state index in [9.17, 15) is 4.79 Å². The van der Waals surface area contributed by atoms with Crippen molar-refractivity contribution >= 4 is 5.91 Å². The molecule has 0 bridgehead atoms. The maximum Gasteiger partial charge on any atom is 0.292 e.